The number of likely N-dealkylation sites (tertiary alicyclic amines) is 1. The van der Waals surface area contributed by atoms with Crippen molar-refractivity contribution < 1.29 is 18.7 Å². The lowest BCUT2D eigenvalue weighted by atomic mass is 9.77. The van der Waals surface area contributed by atoms with Gasteiger partial charge in [0.2, 0.25) is 5.92 Å². The minimum Gasteiger partial charge on any atom is -0.375 e. The summed E-state index contributed by atoms with van der Waals surface area (Å²) in [5, 5.41) is 14.9. The molecule has 0 bridgehead atoms. The fraction of sp³-hybridized carbons (Fsp3) is 0.667. The van der Waals surface area contributed by atoms with Gasteiger partial charge >= 0.3 is 0 Å². The molecule has 3 fully saturated rings. The van der Waals surface area contributed by atoms with E-state index >= 15 is 0 Å². The molecule has 1 aliphatic carbocycles. The Bertz CT molecular complexity index is 691. The largest absolute Gasteiger partial charge is 0.375 e. The Balaban J connectivity index is 1.62. The van der Waals surface area contributed by atoms with Crippen LogP contribution in [0.4, 0.5) is 8.78 Å². The summed E-state index contributed by atoms with van der Waals surface area (Å²) >= 11 is 0. The van der Waals surface area contributed by atoms with E-state index in [9.17, 15) is 18.7 Å². The third-order valence-electron chi connectivity index (χ3n) is 6.92. The van der Waals surface area contributed by atoms with Gasteiger partial charge in [-0.15, -0.1) is 0 Å². The highest BCUT2D eigenvalue weighted by Gasteiger charge is 2.56. The van der Waals surface area contributed by atoms with Crippen molar-refractivity contribution in [2.75, 3.05) is 26.2 Å². The lowest BCUT2D eigenvalue weighted by Crippen LogP contribution is -2.51. The highest BCUT2D eigenvalue weighted by Crippen LogP contribution is 2.49. The van der Waals surface area contributed by atoms with Gasteiger partial charge in [0, 0.05) is 31.8 Å². The molecule has 2 aliphatic heterocycles. The highest BCUT2D eigenvalue weighted by molar-refractivity contribution is 5.87. The number of piperidine rings is 1. The Morgan fingerprint density at radius 2 is 1.85 bits per heavy atom. The van der Waals surface area contributed by atoms with Gasteiger partial charge in [0.1, 0.15) is 0 Å². The van der Waals surface area contributed by atoms with Crippen LogP contribution >= 0.6 is 0 Å². The van der Waals surface area contributed by atoms with Crippen LogP contribution in [-0.2, 0) is 10.4 Å². The number of hydrogen-bond acceptors (Lipinski definition) is 3. The van der Waals surface area contributed by atoms with Crippen molar-refractivity contribution >= 4 is 5.91 Å². The van der Waals surface area contributed by atoms with Crippen LogP contribution in [0.5, 0.6) is 0 Å². The van der Waals surface area contributed by atoms with E-state index < -0.39 is 29.8 Å². The SMILES string of the molecule is O=C(N1CCC2(CCNCC2)C1)C(O)(c1ccccc1)C1CCC(F)(F)C1. The minimum atomic E-state index is -2.81. The summed E-state index contributed by atoms with van der Waals surface area (Å²) < 4.78 is 27.8. The van der Waals surface area contributed by atoms with Gasteiger partial charge in [-0.05, 0) is 49.8 Å². The topological polar surface area (TPSA) is 52.6 Å². The van der Waals surface area contributed by atoms with Crippen LogP contribution in [0.3, 0.4) is 0 Å². The molecule has 4 nitrogen and oxygen atoms in total. The van der Waals surface area contributed by atoms with Crippen molar-refractivity contribution in [1.82, 2.24) is 10.2 Å². The van der Waals surface area contributed by atoms with E-state index in [1.807, 2.05) is 0 Å². The smallest absolute Gasteiger partial charge is 0.259 e. The number of nitrogens with zero attached hydrogens (tertiary/aromatic N) is 1. The molecule has 6 heteroatoms. The molecule has 27 heavy (non-hydrogen) atoms. The molecule has 1 aromatic carbocycles. The van der Waals surface area contributed by atoms with Crippen molar-refractivity contribution in [2.24, 2.45) is 11.3 Å². The monoisotopic (exact) mass is 378 g/mol. The summed E-state index contributed by atoms with van der Waals surface area (Å²) in [4.78, 5) is 15.2. The van der Waals surface area contributed by atoms with Gasteiger partial charge in [-0.25, -0.2) is 8.78 Å². The number of nitrogens with one attached hydrogen (secondary N) is 1. The third-order valence-corrected chi connectivity index (χ3v) is 6.92. The van der Waals surface area contributed by atoms with E-state index in [1.165, 1.54) is 0 Å². The quantitative estimate of drug-likeness (QED) is 0.850. The van der Waals surface area contributed by atoms with Gasteiger partial charge in [0.05, 0.1) is 0 Å². The summed E-state index contributed by atoms with van der Waals surface area (Å²) in [6.07, 6.45) is 2.41. The molecule has 2 heterocycles. The summed E-state index contributed by atoms with van der Waals surface area (Å²) in [6.45, 7) is 3.10. The molecule has 0 aromatic heterocycles. The number of carbonyl (C=O) groups excluding carboxylic acids is 1. The Morgan fingerprint density at radius 1 is 1.15 bits per heavy atom. The molecule has 2 saturated heterocycles. The summed E-state index contributed by atoms with van der Waals surface area (Å²) in [5.41, 5.74) is -1.33. The maximum absolute atomic E-state index is 13.9. The minimum absolute atomic E-state index is 0.109. The van der Waals surface area contributed by atoms with Gasteiger partial charge in [-0.2, -0.15) is 0 Å². The summed E-state index contributed by atoms with van der Waals surface area (Å²) in [7, 11) is 0. The van der Waals surface area contributed by atoms with E-state index in [4.69, 9.17) is 0 Å². The first-order valence-corrected chi connectivity index (χ1v) is 10.0. The Hall–Kier alpha value is -1.53. The normalized spacial score (nSPS) is 29.0. The maximum Gasteiger partial charge on any atom is 0.259 e. The molecule has 3 aliphatic rings. The number of rotatable bonds is 3. The number of carbonyl (C=O) groups is 1. The molecule has 1 amide bonds. The van der Waals surface area contributed by atoms with E-state index in [0.29, 0.717) is 18.7 Å². The van der Waals surface area contributed by atoms with Crippen LogP contribution in [0.15, 0.2) is 30.3 Å². The van der Waals surface area contributed by atoms with Crippen LogP contribution < -0.4 is 5.32 Å². The van der Waals surface area contributed by atoms with Gasteiger partial charge in [0.25, 0.3) is 5.91 Å². The fourth-order valence-electron chi connectivity index (χ4n) is 5.25. The van der Waals surface area contributed by atoms with Crippen molar-refractivity contribution in [3.05, 3.63) is 35.9 Å². The maximum atomic E-state index is 13.9. The fourth-order valence-corrected chi connectivity index (χ4v) is 5.25. The first-order chi connectivity index (χ1) is 12.8. The number of amides is 1. The second kappa shape index (κ2) is 6.82. The molecule has 148 valence electrons. The molecule has 1 saturated carbocycles. The van der Waals surface area contributed by atoms with Crippen LogP contribution in [0, 0.1) is 11.3 Å². The molecule has 1 aromatic rings. The summed E-state index contributed by atoms with van der Waals surface area (Å²) in [5.74, 6) is -3.96. The number of hydrogen-bond donors (Lipinski definition) is 2. The molecule has 4 rings (SSSR count). The van der Waals surface area contributed by atoms with Crippen LogP contribution in [0.1, 0.15) is 44.1 Å². The number of benzene rings is 1. The van der Waals surface area contributed by atoms with Gasteiger partial charge in [-0.1, -0.05) is 30.3 Å². The summed E-state index contributed by atoms with van der Waals surface area (Å²) in [6, 6.07) is 8.67. The predicted molar refractivity (Wildman–Crippen MR) is 98.4 cm³/mol. The van der Waals surface area contributed by atoms with Crippen molar-refractivity contribution in [3.63, 3.8) is 0 Å². The van der Waals surface area contributed by atoms with E-state index in [1.54, 1.807) is 35.2 Å². The van der Waals surface area contributed by atoms with Gasteiger partial charge < -0.3 is 15.3 Å². The zero-order valence-electron chi connectivity index (χ0n) is 15.6. The van der Waals surface area contributed by atoms with Gasteiger partial charge in [0.15, 0.2) is 5.60 Å². The predicted octanol–water partition coefficient (Wildman–Crippen LogP) is 2.91. The van der Waals surface area contributed by atoms with E-state index in [2.05, 4.69) is 5.32 Å². The lowest BCUT2D eigenvalue weighted by Gasteiger charge is -2.38. The highest BCUT2D eigenvalue weighted by atomic mass is 19.3. The zero-order valence-corrected chi connectivity index (χ0v) is 15.6. The molecule has 1 spiro atoms. The molecular formula is C21H28F2N2O2. The van der Waals surface area contributed by atoms with Crippen LogP contribution in [0.25, 0.3) is 0 Å². The Morgan fingerprint density at radius 3 is 2.48 bits per heavy atom. The average Bonchev–Trinajstić information content (AvgIpc) is 3.25. The van der Waals surface area contributed by atoms with E-state index in [-0.39, 0.29) is 18.3 Å². The van der Waals surface area contributed by atoms with Crippen molar-refractivity contribution in [2.45, 2.75) is 50.0 Å². The zero-order chi connectivity index (χ0) is 19.1. The third kappa shape index (κ3) is 3.38. The average molecular weight is 378 g/mol. The van der Waals surface area contributed by atoms with Crippen LogP contribution in [0.2, 0.25) is 0 Å². The van der Waals surface area contributed by atoms with Gasteiger partial charge in [-0.3, -0.25) is 4.79 Å². The number of alkyl halides is 2. The van der Waals surface area contributed by atoms with E-state index in [0.717, 1.165) is 32.4 Å². The van der Waals surface area contributed by atoms with Crippen molar-refractivity contribution in [3.8, 4) is 0 Å². The number of aliphatic hydroxyl groups is 1. The molecule has 2 N–H and O–H groups in total. The first-order valence-electron chi connectivity index (χ1n) is 10.0. The second-order valence-corrected chi connectivity index (χ2v) is 8.65. The number of halogens is 2. The molecule has 2 unspecified atom stereocenters. The van der Waals surface area contributed by atoms with Crippen LogP contribution in [-0.4, -0.2) is 48.0 Å². The lowest BCUT2D eigenvalue weighted by molar-refractivity contribution is -0.159. The molecule has 2 atom stereocenters. The standard InChI is InChI=1S/C21H28F2N2O2/c22-20(23)7-6-17(14-20)21(27,16-4-2-1-3-5-16)18(26)25-13-10-19(15-25)8-11-24-12-9-19/h1-5,17,24,27H,6-15H2. The van der Waals surface area contributed by atoms with Crippen molar-refractivity contribution in [1.29, 1.82) is 0 Å². The Labute approximate surface area is 158 Å². The second-order valence-electron chi connectivity index (χ2n) is 8.65. The Kier molecular flexibility index (Phi) is 4.75. The molecular weight excluding hydrogens is 350 g/mol. The first kappa shape index (κ1) is 18.8. The molecule has 0 radical (unpaired) electrons.